The van der Waals surface area contributed by atoms with E-state index in [1.807, 2.05) is 0 Å². The Morgan fingerprint density at radius 1 is 1.16 bits per heavy atom. The number of carbonyl (C=O) groups excluding carboxylic acids is 1. The van der Waals surface area contributed by atoms with Gasteiger partial charge in [0, 0.05) is 4.88 Å². The highest BCUT2D eigenvalue weighted by Gasteiger charge is 2.18. The van der Waals surface area contributed by atoms with Crippen LogP contribution in [0.3, 0.4) is 0 Å². The lowest BCUT2D eigenvalue weighted by atomic mass is 10.3. The van der Waals surface area contributed by atoms with Crippen molar-refractivity contribution in [3.05, 3.63) is 52.2 Å². The minimum absolute atomic E-state index is 0.231. The second-order valence-electron chi connectivity index (χ2n) is 4.01. The molecule has 0 radical (unpaired) electrons. The Hall–Kier alpha value is -1.50. The number of hydrogen-bond donors (Lipinski definition) is 1. The summed E-state index contributed by atoms with van der Waals surface area (Å²) in [6.07, 6.45) is 0.757. The van der Waals surface area contributed by atoms with Crippen LogP contribution in [0.1, 0.15) is 27.5 Å². The summed E-state index contributed by atoms with van der Waals surface area (Å²) in [6.45, 7) is 1.75. The minimum atomic E-state index is -3.54. The minimum Gasteiger partial charge on any atom is -0.297 e. The second-order valence-corrected chi connectivity index (χ2v) is 6.87. The Morgan fingerprint density at radius 2 is 1.84 bits per heavy atom. The molecule has 1 N–H and O–H groups in total. The third kappa shape index (κ3) is 3.28. The topological polar surface area (TPSA) is 63.2 Å². The molecule has 0 saturated heterocycles. The zero-order chi connectivity index (χ0) is 13.9. The molecule has 1 atom stereocenters. The summed E-state index contributed by atoms with van der Waals surface area (Å²) >= 11 is 1.28. The van der Waals surface area contributed by atoms with Gasteiger partial charge in [0.1, 0.15) is 0 Å². The lowest BCUT2D eigenvalue weighted by Gasteiger charge is -2.12. The monoisotopic (exact) mass is 295 g/mol. The maximum absolute atomic E-state index is 12.1. The molecule has 0 unspecified atom stereocenters. The van der Waals surface area contributed by atoms with E-state index in [9.17, 15) is 13.2 Å². The van der Waals surface area contributed by atoms with Crippen molar-refractivity contribution in [2.45, 2.75) is 17.9 Å². The quantitative estimate of drug-likeness (QED) is 0.862. The Balaban J connectivity index is 2.18. The van der Waals surface area contributed by atoms with Crippen LogP contribution in [0, 0.1) is 0 Å². The van der Waals surface area contributed by atoms with Gasteiger partial charge >= 0.3 is 0 Å². The molecule has 4 nitrogen and oxygen atoms in total. The van der Waals surface area contributed by atoms with Crippen LogP contribution in [0.5, 0.6) is 0 Å². The molecule has 0 fully saturated rings. The van der Waals surface area contributed by atoms with Crippen LogP contribution in [0.2, 0.25) is 0 Å². The molecule has 100 valence electrons. The maximum Gasteiger partial charge on any atom is 0.241 e. The highest BCUT2D eigenvalue weighted by molar-refractivity contribution is 7.89. The Morgan fingerprint density at radius 3 is 2.42 bits per heavy atom. The third-order valence-corrected chi connectivity index (χ3v) is 5.33. The van der Waals surface area contributed by atoms with E-state index in [1.54, 1.807) is 49.4 Å². The zero-order valence-corrected chi connectivity index (χ0v) is 11.9. The van der Waals surface area contributed by atoms with Gasteiger partial charge in [-0.05, 0) is 31.2 Å². The molecular weight excluding hydrogens is 282 g/mol. The number of sulfonamides is 1. The van der Waals surface area contributed by atoms with Crippen molar-refractivity contribution in [2.24, 2.45) is 0 Å². The highest BCUT2D eigenvalue weighted by Crippen LogP contribution is 2.23. The first kappa shape index (κ1) is 13.9. The van der Waals surface area contributed by atoms with Crippen molar-refractivity contribution in [2.75, 3.05) is 0 Å². The fourth-order valence-electron chi connectivity index (χ4n) is 1.62. The predicted molar refractivity (Wildman–Crippen MR) is 74.9 cm³/mol. The van der Waals surface area contributed by atoms with Gasteiger partial charge < -0.3 is 0 Å². The van der Waals surface area contributed by atoms with Gasteiger partial charge in [0.05, 0.1) is 15.8 Å². The lowest BCUT2D eigenvalue weighted by molar-refractivity contribution is 0.112. The number of carbonyl (C=O) groups is 1. The smallest absolute Gasteiger partial charge is 0.241 e. The summed E-state index contributed by atoms with van der Waals surface area (Å²) in [4.78, 5) is 12.2. The van der Waals surface area contributed by atoms with Crippen LogP contribution in [-0.2, 0) is 10.0 Å². The lowest BCUT2D eigenvalue weighted by Crippen LogP contribution is -2.26. The molecule has 0 aliphatic carbocycles. The number of thiophene rings is 1. The van der Waals surface area contributed by atoms with Crippen molar-refractivity contribution in [1.29, 1.82) is 0 Å². The van der Waals surface area contributed by atoms with Crippen LogP contribution in [-0.4, -0.2) is 14.7 Å². The SMILES string of the molecule is C[C@@H](NS(=O)(=O)c1ccccc1)c1ccc(C=O)s1. The summed E-state index contributed by atoms with van der Waals surface area (Å²) in [7, 11) is -3.54. The van der Waals surface area contributed by atoms with E-state index in [1.165, 1.54) is 11.3 Å². The average molecular weight is 295 g/mol. The molecule has 0 spiro atoms. The largest absolute Gasteiger partial charge is 0.297 e. The van der Waals surface area contributed by atoms with Crippen molar-refractivity contribution in [1.82, 2.24) is 4.72 Å². The van der Waals surface area contributed by atoms with E-state index in [4.69, 9.17) is 0 Å². The number of hydrogen-bond acceptors (Lipinski definition) is 4. The molecule has 0 aliphatic rings. The van der Waals surface area contributed by atoms with Crippen LogP contribution < -0.4 is 4.72 Å². The van der Waals surface area contributed by atoms with Gasteiger partial charge in [0.25, 0.3) is 0 Å². The number of nitrogens with one attached hydrogen (secondary N) is 1. The molecule has 1 aromatic heterocycles. The van der Waals surface area contributed by atoms with Crippen LogP contribution in [0.4, 0.5) is 0 Å². The van der Waals surface area contributed by atoms with Crippen LogP contribution in [0.15, 0.2) is 47.4 Å². The Labute approximate surface area is 116 Å². The van der Waals surface area contributed by atoms with Gasteiger partial charge in [-0.15, -0.1) is 11.3 Å². The summed E-state index contributed by atoms with van der Waals surface area (Å²) in [5.41, 5.74) is 0. The molecule has 6 heteroatoms. The van der Waals surface area contributed by atoms with Gasteiger partial charge in [0.15, 0.2) is 6.29 Å². The normalized spacial score (nSPS) is 13.1. The maximum atomic E-state index is 12.1. The molecule has 0 bridgehead atoms. The van der Waals surface area contributed by atoms with Crippen molar-refractivity contribution in [3.8, 4) is 0 Å². The first-order chi connectivity index (χ1) is 9.03. The number of rotatable bonds is 5. The molecule has 1 aromatic carbocycles. The molecule has 19 heavy (non-hydrogen) atoms. The molecule has 2 rings (SSSR count). The zero-order valence-electron chi connectivity index (χ0n) is 10.2. The number of aldehydes is 1. The van der Waals surface area contributed by atoms with Gasteiger partial charge in [-0.25, -0.2) is 13.1 Å². The molecule has 0 aliphatic heterocycles. The van der Waals surface area contributed by atoms with Gasteiger partial charge in [0.2, 0.25) is 10.0 Å². The van der Waals surface area contributed by atoms with Crippen molar-refractivity contribution >= 4 is 27.6 Å². The summed E-state index contributed by atoms with van der Waals surface area (Å²) in [5.74, 6) is 0. The molecule has 0 amide bonds. The first-order valence-electron chi connectivity index (χ1n) is 5.65. The Bertz CT molecular complexity index is 662. The molecule has 1 heterocycles. The van der Waals surface area contributed by atoms with E-state index in [2.05, 4.69) is 4.72 Å². The van der Waals surface area contributed by atoms with Crippen molar-refractivity contribution in [3.63, 3.8) is 0 Å². The fourth-order valence-corrected chi connectivity index (χ4v) is 3.77. The van der Waals surface area contributed by atoms with Crippen molar-refractivity contribution < 1.29 is 13.2 Å². The highest BCUT2D eigenvalue weighted by atomic mass is 32.2. The predicted octanol–water partition coefficient (Wildman–Crippen LogP) is 2.60. The summed E-state index contributed by atoms with van der Waals surface area (Å²) < 4.78 is 26.8. The standard InChI is InChI=1S/C13H13NO3S2/c1-10(13-8-7-11(9-15)18-13)14-19(16,17)12-5-3-2-4-6-12/h2-10,14H,1H3/t10-/m1/s1. The summed E-state index contributed by atoms with van der Waals surface area (Å²) in [6, 6.07) is 11.3. The molecule has 2 aromatic rings. The van der Waals surface area contributed by atoms with E-state index < -0.39 is 10.0 Å². The van der Waals surface area contributed by atoms with E-state index in [0.717, 1.165) is 11.2 Å². The molecule has 0 saturated carbocycles. The average Bonchev–Trinajstić information content (AvgIpc) is 2.88. The first-order valence-corrected chi connectivity index (χ1v) is 7.95. The molecular formula is C13H13NO3S2. The van der Waals surface area contributed by atoms with Crippen LogP contribution in [0.25, 0.3) is 0 Å². The summed E-state index contributed by atoms with van der Waals surface area (Å²) in [5, 5.41) is 0. The fraction of sp³-hybridized carbons (Fsp3) is 0.154. The number of benzene rings is 1. The van der Waals surface area contributed by atoms with Gasteiger partial charge in [-0.1, -0.05) is 18.2 Å². The van der Waals surface area contributed by atoms with E-state index >= 15 is 0 Å². The van der Waals surface area contributed by atoms with E-state index in [-0.39, 0.29) is 10.9 Å². The second kappa shape index (κ2) is 5.64. The van der Waals surface area contributed by atoms with Crippen LogP contribution >= 0.6 is 11.3 Å². The van der Waals surface area contributed by atoms with E-state index in [0.29, 0.717) is 4.88 Å². The third-order valence-electron chi connectivity index (χ3n) is 2.58. The van der Waals surface area contributed by atoms with Gasteiger partial charge in [-0.2, -0.15) is 0 Å². The van der Waals surface area contributed by atoms with Gasteiger partial charge in [-0.3, -0.25) is 4.79 Å². The Kier molecular flexibility index (Phi) is 4.14.